The summed E-state index contributed by atoms with van der Waals surface area (Å²) in [6, 6.07) is 13.9. The first-order chi connectivity index (χ1) is 14.6. The molecule has 0 aliphatic heterocycles. The molecule has 1 aromatic heterocycles. The van der Waals surface area contributed by atoms with Crippen LogP contribution in [0.1, 0.15) is 31.1 Å². The number of nitrogens with one attached hydrogen (secondary N) is 3. The van der Waals surface area contributed by atoms with Gasteiger partial charge >= 0.3 is 0 Å². The number of furan rings is 1. The SMILES string of the molecule is CC(C)(C)C(=O)Nc1ccc(NS(=O)(=O)c2ccccc2NC(=O)c2ccoc2)cc1. The maximum atomic E-state index is 12.9. The average molecular weight is 442 g/mol. The van der Waals surface area contributed by atoms with Crippen molar-refractivity contribution in [3.05, 3.63) is 72.7 Å². The van der Waals surface area contributed by atoms with Crippen LogP contribution in [0.15, 0.2) is 76.4 Å². The van der Waals surface area contributed by atoms with Crippen molar-refractivity contribution in [1.29, 1.82) is 0 Å². The number of hydrogen-bond donors (Lipinski definition) is 3. The van der Waals surface area contributed by atoms with Crippen molar-refractivity contribution < 1.29 is 22.4 Å². The van der Waals surface area contributed by atoms with Crippen molar-refractivity contribution in [3.8, 4) is 0 Å². The molecule has 2 amide bonds. The second-order valence-corrected chi connectivity index (χ2v) is 9.50. The quantitative estimate of drug-likeness (QED) is 0.527. The summed E-state index contributed by atoms with van der Waals surface area (Å²) in [6.45, 7) is 5.40. The summed E-state index contributed by atoms with van der Waals surface area (Å²) in [6.07, 6.45) is 2.62. The molecule has 8 nitrogen and oxygen atoms in total. The molecule has 0 saturated carbocycles. The Morgan fingerprint density at radius 2 is 1.52 bits per heavy atom. The number of carbonyl (C=O) groups is 2. The normalized spacial score (nSPS) is 11.6. The first kappa shape index (κ1) is 22.1. The van der Waals surface area contributed by atoms with Crippen molar-refractivity contribution in [2.75, 3.05) is 15.4 Å². The van der Waals surface area contributed by atoms with Crippen LogP contribution in [0.4, 0.5) is 17.1 Å². The summed E-state index contributed by atoms with van der Waals surface area (Å²) in [7, 11) is -3.99. The number of para-hydroxylation sites is 1. The standard InChI is InChI=1S/C22H23N3O5S/c1-22(2,3)21(27)23-16-8-10-17(11-9-16)25-31(28,29)19-7-5-4-6-18(19)24-20(26)15-12-13-30-14-15/h4-14,25H,1-3H3,(H,23,27)(H,24,26). The number of rotatable bonds is 6. The zero-order chi connectivity index (χ0) is 22.6. The van der Waals surface area contributed by atoms with E-state index in [2.05, 4.69) is 15.4 Å². The van der Waals surface area contributed by atoms with E-state index in [1.807, 2.05) is 0 Å². The van der Waals surface area contributed by atoms with Crippen LogP contribution in [0.3, 0.4) is 0 Å². The molecule has 0 saturated heterocycles. The summed E-state index contributed by atoms with van der Waals surface area (Å²) < 4.78 is 33.2. The first-order valence-electron chi connectivity index (χ1n) is 9.43. The molecule has 3 aromatic rings. The van der Waals surface area contributed by atoms with Gasteiger partial charge in [0.15, 0.2) is 0 Å². The van der Waals surface area contributed by atoms with Gasteiger partial charge in [0, 0.05) is 16.8 Å². The number of benzene rings is 2. The Balaban J connectivity index is 1.77. The van der Waals surface area contributed by atoms with E-state index in [1.54, 1.807) is 57.2 Å². The highest BCUT2D eigenvalue weighted by Gasteiger charge is 2.22. The number of hydrogen-bond acceptors (Lipinski definition) is 5. The van der Waals surface area contributed by atoms with Gasteiger partial charge in [-0.25, -0.2) is 8.42 Å². The fraction of sp³-hybridized carbons (Fsp3) is 0.182. The van der Waals surface area contributed by atoms with Crippen LogP contribution in [0.25, 0.3) is 0 Å². The van der Waals surface area contributed by atoms with Gasteiger partial charge in [-0.3, -0.25) is 14.3 Å². The van der Waals surface area contributed by atoms with Gasteiger partial charge in [-0.15, -0.1) is 0 Å². The molecule has 3 rings (SSSR count). The molecule has 0 bridgehead atoms. The van der Waals surface area contributed by atoms with E-state index in [9.17, 15) is 18.0 Å². The minimum Gasteiger partial charge on any atom is -0.472 e. The number of amides is 2. The highest BCUT2D eigenvalue weighted by molar-refractivity contribution is 7.92. The Hall–Kier alpha value is -3.59. The van der Waals surface area contributed by atoms with E-state index in [-0.39, 0.29) is 22.1 Å². The molecule has 3 N–H and O–H groups in total. The zero-order valence-electron chi connectivity index (χ0n) is 17.3. The predicted molar refractivity (Wildman–Crippen MR) is 118 cm³/mol. The van der Waals surface area contributed by atoms with E-state index in [0.29, 0.717) is 11.4 Å². The van der Waals surface area contributed by atoms with Gasteiger partial charge in [-0.05, 0) is 42.5 Å². The van der Waals surface area contributed by atoms with Gasteiger partial charge in [0.2, 0.25) is 5.91 Å². The predicted octanol–water partition coefficient (Wildman–Crippen LogP) is 4.32. The Labute approximate surface area is 180 Å². The lowest BCUT2D eigenvalue weighted by molar-refractivity contribution is -0.123. The van der Waals surface area contributed by atoms with Crippen LogP contribution in [-0.4, -0.2) is 20.2 Å². The molecule has 0 spiro atoms. The molecule has 162 valence electrons. The van der Waals surface area contributed by atoms with Crippen LogP contribution < -0.4 is 15.4 Å². The molecule has 0 radical (unpaired) electrons. The molecular weight excluding hydrogens is 418 g/mol. The second-order valence-electron chi connectivity index (χ2n) is 7.85. The van der Waals surface area contributed by atoms with Crippen LogP contribution >= 0.6 is 0 Å². The summed E-state index contributed by atoms with van der Waals surface area (Å²) in [5.74, 6) is -0.640. The number of sulfonamides is 1. The third kappa shape index (κ3) is 5.52. The molecular formula is C22H23N3O5S. The van der Waals surface area contributed by atoms with E-state index in [1.165, 1.54) is 30.7 Å². The number of anilines is 3. The van der Waals surface area contributed by atoms with Crippen molar-refractivity contribution >= 4 is 38.9 Å². The number of carbonyl (C=O) groups excluding carboxylic acids is 2. The molecule has 0 fully saturated rings. The Morgan fingerprint density at radius 1 is 0.871 bits per heavy atom. The van der Waals surface area contributed by atoms with Gasteiger partial charge in [-0.1, -0.05) is 32.9 Å². The molecule has 0 atom stereocenters. The van der Waals surface area contributed by atoms with Crippen molar-refractivity contribution in [3.63, 3.8) is 0 Å². The maximum Gasteiger partial charge on any atom is 0.263 e. The summed E-state index contributed by atoms with van der Waals surface area (Å²) in [4.78, 5) is 24.3. The lowest BCUT2D eigenvalue weighted by Crippen LogP contribution is -2.27. The lowest BCUT2D eigenvalue weighted by Gasteiger charge is -2.18. The topological polar surface area (TPSA) is 118 Å². The fourth-order valence-electron chi connectivity index (χ4n) is 2.54. The van der Waals surface area contributed by atoms with Crippen molar-refractivity contribution in [2.45, 2.75) is 25.7 Å². The average Bonchev–Trinajstić information content (AvgIpc) is 3.24. The van der Waals surface area contributed by atoms with E-state index >= 15 is 0 Å². The van der Waals surface area contributed by atoms with E-state index < -0.39 is 21.3 Å². The third-order valence-corrected chi connectivity index (χ3v) is 5.72. The second kappa shape index (κ2) is 8.65. The highest BCUT2D eigenvalue weighted by atomic mass is 32.2. The lowest BCUT2D eigenvalue weighted by atomic mass is 9.95. The Bertz CT molecular complexity index is 1180. The Kier molecular flexibility index (Phi) is 6.16. The summed E-state index contributed by atoms with van der Waals surface area (Å²) >= 11 is 0. The molecule has 0 aliphatic rings. The van der Waals surface area contributed by atoms with Gasteiger partial charge < -0.3 is 15.1 Å². The smallest absolute Gasteiger partial charge is 0.263 e. The fourth-order valence-corrected chi connectivity index (χ4v) is 3.77. The van der Waals surface area contributed by atoms with Gasteiger partial charge in [0.1, 0.15) is 11.2 Å². The van der Waals surface area contributed by atoms with Crippen molar-refractivity contribution in [1.82, 2.24) is 0 Å². The van der Waals surface area contributed by atoms with Crippen LogP contribution in [0.2, 0.25) is 0 Å². The maximum absolute atomic E-state index is 12.9. The van der Waals surface area contributed by atoms with E-state index in [0.717, 1.165) is 0 Å². The molecule has 0 aliphatic carbocycles. The minimum absolute atomic E-state index is 0.0862. The van der Waals surface area contributed by atoms with Gasteiger partial charge in [-0.2, -0.15) is 0 Å². The van der Waals surface area contributed by atoms with Crippen molar-refractivity contribution in [2.24, 2.45) is 5.41 Å². The zero-order valence-corrected chi connectivity index (χ0v) is 18.1. The minimum atomic E-state index is -3.99. The molecule has 1 heterocycles. The van der Waals surface area contributed by atoms with Gasteiger partial charge in [0.25, 0.3) is 15.9 Å². The third-order valence-electron chi connectivity index (χ3n) is 4.28. The van der Waals surface area contributed by atoms with Gasteiger partial charge in [0.05, 0.1) is 17.5 Å². The molecule has 2 aromatic carbocycles. The van der Waals surface area contributed by atoms with E-state index in [4.69, 9.17) is 4.42 Å². The first-order valence-corrected chi connectivity index (χ1v) is 10.9. The summed E-state index contributed by atoms with van der Waals surface area (Å²) in [5.41, 5.74) is 0.717. The largest absolute Gasteiger partial charge is 0.472 e. The highest BCUT2D eigenvalue weighted by Crippen LogP contribution is 2.25. The monoisotopic (exact) mass is 441 g/mol. The van der Waals surface area contributed by atoms with Crippen LogP contribution in [-0.2, 0) is 14.8 Å². The van der Waals surface area contributed by atoms with Crippen LogP contribution in [0.5, 0.6) is 0 Å². The molecule has 31 heavy (non-hydrogen) atoms. The summed E-state index contributed by atoms with van der Waals surface area (Å²) in [5, 5.41) is 5.36. The van der Waals surface area contributed by atoms with Crippen LogP contribution in [0, 0.1) is 5.41 Å². The molecule has 9 heteroatoms. The Morgan fingerprint density at radius 3 is 2.13 bits per heavy atom. The molecule has 0 unspecified atom stereocenters.